The van der Waals surface area contributed by atoms with E-state index in [2.05, 4.69) is 10.6 Å². The Morgan fingerprint density at radius 3 is 2.56 bits per heavy atom. The summed E-state index contributed by atoms with van der Waals surface area (Å²) in [5.41, 5.74) is 2.68. The second-order valence-electron chi connectivity index (χ2n) is 4.02. The van der Waals surface area contributed by atoms with E-state index < -0.39 is 11.8 Å². The number of amides is 2. The molecule has 18 heavy (non-hydrogen) atoms. The van der Waals surface area contributed by atoms with E-state index in [1.165, 1.54) is 7.11 Å². The van der Waals surface area contributed by atoms with Crippen molar-refractivity contribution in [2.45, 2.75) is 13.8 Å². The second kappa shape index (κ2) is 6.76. The van der Waals surface area contributed by atoms with Crippen molar-refractivity contribution in [2.24, 2.45) is 0 Å². The van der Waals surface area contributed by atoms with E-state index in [0.29, 0.717) is 18.8 Å². The van der Waals surface area contributed by atoms with Crippen LogP contribution in [0.5, 0.6) is 0 Å². The van der Waals surface area contributed by atoms with E-state index in [1.54, 1.807) is 6.07 Å². The smallest absolute Gasteiger partial charge is 0.313 e. The fourth-order valence-corrected chi connectivity index (χ4v) is 1.48. The molecule has 2 amide bonds. The van der Waals surface area contributed by atoms with Crippen molar-refractivity contribution in [2.75, 3.05) is 25.6 Å². The van der Waals surface area contributed by atoms with Crippen LogP contribution in [0.25, 0.3) is 0 Å². The Morgan fingerprint density at radius 1 is 1.22 bits per heavy atom. The van der Waals surface area contributed by atoms with Crippen molar-refractivity contribution in [3.8, 4) is 0 Å². The molecule has 0 saturated carbocycles. The lowest BCUT2D eigenvalue weighted by atomic mass is 10.1. The number of hydrogen-bond donors (Lipinski definition) is 2. The molecule has 5 nitrogen and oxygen atoms in total. The van der Waals surface area contributed by atoms with Gasteiger partial charge in [-0.05, 0) is 25.5 Å². The predicted octanol–water partition coefficient (Wildman–Crippen LogP) is 1.00. The van der Waals surface area contributed by atoms with E-state index in [9.17, 15) is 9.59 Å². The molecule has 0 fully saturated rings. The Kier molecular flexibility index (Phi) is 5.32. The fourth-order valence-electron chi connectivity index (χ4n) is 1.48. The number of anilines is 1. The minimum Gasteiger partial charge on any atom is -0.383 e. The Balaban J connectivity index is 2.56. The third kappa shape index (κ3) is 4.18. The van der Waals surface area contributed by atoms with Crippen molar-refractivity contribution < 1.29 is 14.3 Å². The summed E-state index contributed by atoms with van der Waals surface area (Å²) in [4.78, 5) is 23.0. The Morgan fingerprint density at radius 2 is 1.94 bits per heavy atom. The normalized spacial score (nSPS) is 9.94. The van der Waals surface area contributed by atoms with Gasteiger partial charge in [0.05, 0.1) is 6.61 Å². The SMILES string of the molecule is COCCNC(=O)C(=O)Nc1ccc(C)cc1C. The van der Waals surface area contributed by atoms with Crippen LogP contribution < -0.4 is 10.6 Å². The largest absolute Gasteiger partial charge is 0.383 e. The molecule has 1 aromatic rings. The third-order valence-corrected chi connectivity index (χ3v) is 2.43. The van der Waals surface area contributed by atoms with Gasteiger partial charge in [-0.3, -0.25) is 9.59 Å². The topological polar surface area (TPSA) is 67.4 Å². The number of ether oxygens (including phenoxy) is 1. The zero-order valence-electron chi connectivity index (χ0n) is 10.9. The van der Waals surface area contributed by atoms with Gasteiger partial charge in [0.25, 0.3) is 0 Å². The highest BCUT2D eigenvalue weighted by Gasteiger charge is 2.13. The van der Waals surface area contributed by atoms with Crippen LogP contribution in [0.3, 0.4) is 0 Å². The molecular formula is C13H18N2O3. The average Bonchev–Trinajstić information content (AvgIpc) is 2.32. The van der Waals surface area contributed by atoms with E-state index >= 15 is 0 Å². The molecule has 0 aliphatic carbocycles. The summed E-state index contributed by atoms with van der Waals surface area (Å²) in [5, 5.41) is 5.03. The molecule has 0 unspecified atom stereocenters. The number of aryl methyl sites for hydroxylation is 2. The van der Waals surface area contributed by atoms with Gasteiger partial charge in [-0.15, -0.1) is 0 Å². The summed E-state index contributed by atoms with van der Waals surface area (Å²) in [6, 6.07) is 5.61. The highest BCUT2D eigenvalue weighted by atomic mass is 16.5. The summed E-state index contributed by atoms with van der Waals surface area (Å²) in [6.45, 7) is 4.54. The van der Waals surface area contributed by atoms with Gasteiger partial charge in [0.2, 0.25) is 0 Å². The summed E-state index contributed by atoms with van der Waals surface area (Å²) >= 11 is 0. The van der Waals surface area contributed by atoms with Gasteiger partial charge in [0.1, 0.15) is 0 Å². The summed E-state index contributed by atoms with van der Waals surface area (Å²) in [7, 11) is 1.53. The van der Waals surface area contributed by atoms with E-state index in [1.807, 2.05) is 26.0 Å². The van der Waals surface area contributed by atoms with Crippen LogP contribution in [0.2, 0.25) is 0 Å². The Hall–Kier alpha value is -1.88. The highest BCUT2D eigenvalue weighted by molar-refractivity contribution is 6.39. The van der Waals surface area contributed by atoms with Crippen molar-refractivity contribution in [1.82, 2.24) is 5.32 Å². The maximum atomic E-state index is 11.6. The first kappa shape index (κ1) is 14.2. The summed E-state index contributed by atoms with van der Waals surface area (Å²) < 4.78 is 4.78. The van der Waals surface area contributed by atoms with Gasteiger partial charge in [-0.1, -0.05) is 17.7 Å². The first-order chi connectivity index (χ1) is 8.54. The molecule has 0 aliphatic rings. The van der Waals surface area contributed by atoms with Crippen LogP contribution in [-0.4, -0.2) is 32.1 Å². The van der Waals surface area contributed by atoms with Crippen LogP contribution in [0.1, 0.15) is 11.1 Å². The van der Waals surface area contributed by atoms with Crippen molar-refractivity contribution in [1.29, 1.82) is 0 Å². The number of methoxy groups -OCH3 is 1. The highest BCUT2D eigenvalue weighted by Crippen LogP contribution is 2.15. The standard InChI is InChI=1S/C13H18N2O3/c1-9-4-5-11(10(2)8-9)15-13(17)12(16)14-6-7-18-3/h4-5,8H,6-7H2,1-3H3,(H,14,16)(H,15,17). The molecule has 5 heteroatoms. The predicted molar refractivity (Wildman–Crippen MR) is 69.4 cm³/mol. The van der Waals surface area contributed by atoms with Crippen molar-refractivity contribution in [3.05, 3.63) is 29.3 Å². The zero-order chi connectivity index (χ0) is 13.5. The Labute approximate surface area is 107 Å². The number of nitrogens with one attached hydrogen (secondary N) is 2. The number of carbonyl (C=O) groups excluding carboxylic acids is 2. The van der Waals surface area contributed by atoms with E-state index in [4.69, 9.17) is 4.74 Å². The average molecular weight is 250 g/mol. The first-order valence-corrected chi connectivity index (χ1v) is 5.70. The van der Waals surface area contributed by atoms with Gasteiger partial charge in [-0.25, -0.2) is 0 Å². The van der Waals surface area contributed by atoms with Gasteiger partial charge in [0.15, 0.2) is 0 Å². The molecule has 2 N–H and O–H groups in total. The quantitative estimate of drug-likeness (QED) is 0.619. The maximum Gasteiger partial charge on any atom is 0.313 e. The van der Waals surface area contributed by atoms with Crippen molar-refractivity contribution >= 4 is 17.5 Å². The number of carbonyl (C=O) groups is 2. The van der Waals surface area contributed by atoms with E-state index in [-0.39, 0.29) is 0 Å². The van der Waals surface area contributed by atoms with Crippen LogP contribution in [0, 0.1) is 13.8 Å². The molecule has 0 saturated heterocycles. The monoisotopic (exact) mass is 250 g/mol. The number of hydrogen-bond acceptors (Lipinski definition) is 3. The molecule has 0 bridgehead atoms. The van der Waals surface area contributed by atoms with E-state index in [0.717, 1.165) is 11.1 Å². The third-order valence-electron chi connectivity index (χ3n) is 2.43. The lowest BCUT2D eigenvalue weighted by Crippen LogP contribution is -2.37. The van der Waals surface area contributed by atoms with Crippen LogP contribution in [0.4, 0.5) is 5.69 Å². The Bertz CT molecular complexity index is 444. The van der Waals surface area contributed by atoms with Crippen LogP contribution in [0.15, 0.2) is 18.2 Å². The van der Waals surface area contributed by atoms with Gasteiger partial charge >= 0.3 is 11.8 Å². The minimum atomic E-state index is -0.668. The second-order valence-corrected chi connectivity index (χ2v) is 4.02. The fraction of sp³-hybridized carbons (Fsp3) is 0.385. The molecule has 0 atom stereocenters. The van der Waals surface area contributed by atoms with Gasteiger partial charge in [-0.2, -0.15) is 0 Å². The molecule has 0 aromatic heterocycles. The number of benzene rings is 1. The maximum absolute atomic E-state index is 11.6. The summed E-state index contributed by atoms with van der Waals surface area (Å²) in [6.07, 6.45) is 0. The van der Waals surface area contributed by atoms with Gasteiger partial charge < -0.3 is 15.4 Å². The van der Waals surface area contributed by atoms with Gasteiger partial charge in [0, 0.05) is 19.3 Å². The minimum absolute atomic E-state index is 0.315. The molecule has 98 valence electrons. The molecule has 1 rings (SSSR count). The molecule has 0 radical (unpaired) electrons. The molecule has 0 heterocycles. The molecule has 1 aromatic carbocycles. The molecular weight excluding hydrogens is 232 g/mol. The summed E-state index contributed by atoms with van der Waals surface area (Å²) in [5.74, 6) is -1.33. The van der Waals surface area contributed by atoms with Crippen LogP contribution in [-0.2, 0) is 14.3 Å². The van der Waals surface area contributed by atoms with Crippen LogP contribution >= 0.6 is 0 Å². The zero-order valence-corrected chi connectivity index (χ0v) is 10.9. The number of rotatable bonds is 4. The molecule has 0 aliphatic heterocycles. The lowest BCUT2D eigenvalue weighted by molar-refractivity contribution is -0.136. The molecule has 0 spiro atoms. The van der Waals surface area contributed by atoms with Crippen molar-refractivity contribution in [3.63, 3.8) is 0 Å². The first-order valence-electron chi connectivity index (χ1n) is 5.70. The lowest BCUT2D eigenvalue weighted by Gasteiger charge is -2.09.